The van der Waals surface area contributed by atoms with E-state index in [9.17, 15) is 23.9 Å². The van der Waals surface area contributed by atoms with Crippen LogP contribution in [0.2, 0.25) is 0 Å². The Kier molecular flexibility index (Phi) is 30.4. The fraction of sp³-hybridized carbons (Fsp3) is 0.538. The molecule has 0 spiro atoms. The maximum atomic E-state index is 12.0. The maximum absolute atomic E-state index is 12.0. The first-order valence-corrected chi connectivity index (χ1v) is 12.7. The minimum Gasteiger partial charge on any atom is -0.790 e. The number of esters is 2. The molecular weight excluding hydrogens is 517 g/mol. The molecular formula is C26H29Na2O8P. The van der Waals surface area contributed by atoms with Gasteiger partial charge in [0, 0.05) is 12.3 Å². The molecule has 0 radical (unpaired) electrons. The summed E-state index contributed by atoms with van der Waals surface area (Å²) < 4.78 is 24.8. The third kappa shape index (κ3) is 31.0. The van der Waals surface area contributed by atoms with Gasteiger partial charge >= 0.3 is 71.1 Å². The third-order valence-electron chi connectivity index (χ3n) is 4.08. The molecule has 0 amide bonds. The van der Waals surface area contributed by atoms with Gasteiger partial charge in [0.15, 0.2) is 6.10 Å². The first-order valence-electron chi connectivity index (χ1n) is 11.2. The van der Waals surface area contributed by atoms with E-state index >= 15 is 0 Å². The average Bonchev–Trinajstić information content (AvgIpc) is 2.81. The number of phosphoric ester groups is 1. The summed E-state index contributed by atoms with van der Waals surface area (Å²) in [4.78, 5) is 45.2. The smallest absolute Gasteiger partial charge is 0.790 e. The number of carbonyl (C=O) groups is 2. The van der Waals surface area contributed by atoms with E-state index in [2.05, 4.69) is 70.7 Å². The fourth-order valence-electron chi connectivity index (χ4n) is 2.48. The van der Waals surface area contributed by atoms with Crippen LogP contribution < -0.4 is 68.9 Å². The van der Waals surface area contributed by atoms with Crippen molar-refractivity contribution >= 4 is 19.8 Å². The molecule has 11 heteroatoms. The fourth-order valence-corrected chi connectivity index (χ4v) is 2.82. The molecule has 0 N–H and O–H groups in total. The van der Waals surface area contributed by atoms with Gasteiger partial charge in [0.05, 0.1) is 14.4 Å². The summed E-state index contributed by atoms with van der Waals surface area (Å²) in [5, 5.41) is 0. The minimum atomic E-state index is -5.30. The summed E-state index contributed by atoms with van der Waals surface area (Å²) >= 11 is 0. The van der Waals surface area contributed by atoms with Crippen LogP contribution in [0, 0.1) is 59.2 Å². The topological polar surface area (TPSA) is 125 Å². The molecule has 0 aliphatic heterocycles. The summed E-state index contributed by atoms with van der Waals surface area (Å²) in [7, 11) is -5.30. The first-order chi connectivity index (χ1) is 16.8. The van der Waals surface area contributed by atoms with Crippen LogP contribution in [0.3, 0.4) is 0 Å². The molecule has 0 fully saturated rings. The predicted molar refractivity (Wildman–Crippen MR) is 126 cm³/mol. The predicted octanol–water partition coefficient (Wildman–Crippen LogP) is -4.14. The van der Waals surface area contributed by atoms with Crippen molar-refractivity contribution in [1.82, 2.24) is 0 Å². The summed E-state index contributed by atoms with van der Waals surface area (Å²) in [6, 6.07) is 0. The zero-order chi connectivity index (χ0) is 26.2. The van der Waals surface area contributed by atoms with Crippen molar-refractivity contribution < 1.29 is 97.1 Å². The molecule has 1 atom stereocenters. The van der Waals surface area contributed by atoms with Crippen LogP contribution in [-0.2, 0) is 28.2 Å². The van der Waals surface area contributed by atoms with Crippen molar-refractivity contribution in [3.63, 3.8) is 0 Å². The number of hydrogen-bond donors (Lipinski definition) is 0. The van der Waals surface area contributed by atoms with E-state index in [0.717, 1.165) is 19.3 Å². The second-order valence-corrected chi connectivity index (χ2v) is 8.21. The second kappa shape index (κ2) is 27.9. The summed E-state index contributed by atoms with van der Waals surface area (Å²) in [6.07, 6.45) is 7.17. The van der Waals surface area contributed by atoms with E-state index in [0.29, 0.717) is 6.42 Å². The van der Waals surface area contributed by atoms with Gasteiger partial charge in [-0.1, -0.05) is 57.8 Å². The summed E-state index contributed by atoms with van der Waals surface area (Å²) in [6.45, 7) is 2.48. The number of unbranched alkanes of at least 4 members (excludes halogenated alkanes) is 7. The molecule has 0 unspecified atom stereocenters. The average molecular weight is 546 g/mol. The van der Waals surface area contributed by atoms with Gasteiger partial charge in [-0.25, -0.2) is 4.79 Å². The Hall–Kier alpha value is -1.15. The molecule has 0 aromatic carbocycles. The van der Waals surface area contributed by atoms with Crippen LogP contribution >= 0.6 is 7.82 Å². The molecule has 37 heavy (non-hydrogen) atoms. The van der Waals surface area contributed by atoms with E-state index in [1.165, 1.54) is 25.7 Å². The van der Waals surface area contributed by atoms with Crippen LogP contribution in [0.25, 0.3) is 0 Å². The molecule has 0 aliphatic rings. The second-order valence-electron chi connectivity index (χ2n) is 7.05. The Morgan fingerprint density at radius 2 is 1.30 bits per heavy atom. The van der Waals surface area contributed by atoms with Crippen LogP contribution in [0.4, 0.5) is 0 Å². The zero-order valence-electron chi connectivity index (χ0n) is 22.1. The van der Waals surface area contributed by atoms with Crippen molar-refractivity contribution in [3.05, 3.63) is 0 Å². The van der Waals surface area contributed by atoms with Crippen molar-refractivity contribution in [3.8, 4) is 59.2 Å². The van der Waals surface area contributed by atoms with E-state index in [1.807, 2.05) is 0 Å². The van der Waals surface area contributed by atoms with E-state index in [4.69, 9.17) is 9.47 Å². The molecule has 0 rings (SSSR count). The molecule has 8 nitrogen and oxygen atoms in total. The van der Waals surface area contributed by atoms with Gasteiger partial charge in [0.2, 0.25) is 0 Å². The van der Waals surface area contributed by atoms with Gasteiger partial charge in [0.25, 0.3) is 0 Å². The van der Waals surface area contributed by atoms with Crippen LogP contribution in [-0.4, -0.2) is 31.3 Å². The maximum Gasteiger partial charge on any atom is 1.00 e. The molecule has 0 saturated heterocycles. The zero-order valence-corrected chi connectivity index (χ0v) is 27.0. The molecule has 0 bridgehead atoms. The third-order valence-corrected chi connectivity index (χ3v) is 4.54. The Labute approximate surface area is 264 Å². The Bertz CT molecular complexity index is 1030. The Morgan fingerprint density at radius 1 is 0.784 bits per heavy atom. The van der Waals surface area contributed by atoms with Crippen molar-refractivity contribution in [2.45, 2.75) is 77.7 Å². The molecule has 0 heterocycles. The molecule has 0 aromatic rings. The molecule has 0 aromatic heterocycles. The first kappa shape index (κ1) is 40.3. The van der Waals surface area contributed by atoms with Crippen LogP contribution in [0.1, 0.15) is 71.6 Å². The quantitative estimate of drug-likeness (QED) is 0.0507. The van der Waals surface area contributed by atoms with Gasteiger partial charge in [-0.3, -0.25) is 4.79 Å². The number of hydrogen-bond acceptors (Lipinski definition) is 8. The van der Waals surface area contributed by atoms with Crippen molar-refractivity contribution in [2.75, 3.05) is 13.2 Å². The van der Waals surface area contributed by atoms with Crippen LogP contribution in [0.5, 0.6) is 0 Å². The van der Waals surface area contributed by atoms with Crippen LogP contribution in [0.15, 0.2) is 0 Å². The molecule has 0 aliphatic carbocycles. The van der Waals surface area contributed by atoms with Gasteiger partial charge in [-0.15, -0.1) is 0 Å². The van der Waals surface area contributed by atoms with E-state index in [-0.39, 0.29) is 65.5 Å². The standard InChI is InChI=1S/C26H31O8P.2Na/c1-3-5-7-9-11-13-15-16-18-20-25(27)32-22-24(23-33-35(29,30)31)34-26(28)21-19-17-14-12-10-8-6-4-2;;/h24H,4,6,8,10,12,14,17,19,21-23H2,1-2H3,(H2,29,30,31);;/q;2*+1/p-2/t24-;;/m0../s1. The number of carbonyl (C=O) groups excluding carboxylic acids is 2. The summed E-state index contributed by atoms with van der Waals surface area (Å²) in [5.74, 6) is 22.1. The minimum absolute atomic E-state index is 0. The normalized spacial score (nSPS) is 9.62. The number of ether oxygens (including phenoxy) is 2. The van der Waals surface area contributed by atoms with Crippen molar-refractivity contribution in [2.24, 2.45) is 0 Å². The molecule has 188 valence electrons. The number of rotatable bonds is 15. The van der Waals surface area contributed by atoms with Gasteiger partial charge in [-0.05, 0) is 60.7 Å². The van der Waals surface area contributed by atoms with Gasteiger partial charge in [-0.2, -0.15) is 0 Å². The number of phosphoric acid groups is 1. The van der Waals surface area contributed by atoms with E-state index in [1.54, 1.807) is 6.92 Å². The van der Waals surface area contributed by atoms with Gasteiger partial charge < -0.3 is 28.3 Å². The monoisotopic (exact) mass is 546 g/mol. The Morgan fingerprint density at radius 3 is 1.84 bits per heavy atom. The summed E-state index contributed by atoms with van der Waals surface area (Å²) in [5.41, 5.74) is 0. The largest absolute Gasteiger partial charge is 1.00 e. The van der Waals surface area contributed by atoms with Crippen molar-refractivity contribution in [1.29, 1.82) is 0 Å². The molecule has 0 saturated carbocycles. The SMILES string of the molecule is CC#CC#CC#CC#CC#CC(=O)OC[C@@H](COP(=O)([O-])[O-])OC(=O)CCCCCCCCCC.[Na+].[Na+]. The van der Waals surface area contributed by atoms with E-state index < -0.39 is 39.1 Å². The van der Waals surface area contributed by atoms with Gasteiger partial charge in [0.1, 0.15) is 6.61 Å². The Balaban J connectivity index is -0.00000578.